The van der Waals surface area contributed by atoms with Crippen LogP contribution in [0.2, 0.25) is 0 Å². The van der Waals surface area contributed by atoms with Crippen molar-refractivity contribution in [3.05, 3.63) is 33.2 Å². The van der Waals surface area contributed by atoms with E-state index in [1.807, 2.05) is 16.8 Å². The molecule has 1 aliphatic carbocycles. The Balaban J connectivity index is 2.12. The molecule has 0 N–H and O–H groups in total. The van der Waals surface area contributed by atoms with E-state index in [4.69, 9.17) is 0 Å². The summed E-state index contributed by atoms with van der Waals surface area (Å²) in [4.78, 5) is 11.6. The van der Waals surface area contributed by atoms with Gasteiger partial charge in [-0.3, -0.25) is 4.79 Å². The molecule has 0 bridgehead atoms. The maximum absolute atomic E-state index is 11.6. The van der Waals surface area contributed by atoms with Gasteiger partial charge in [0.1, 0.15) is 0 Å². The Bertz CT molecular complexity index is 366. The summed E-state index contributed by atoms with van der Waals surface area (Å²) in [5, 5.41) is 0. The zero-order chi connectivity index (χ0) is 9.97. The highest BCUT2D eigenvalue weighted by Crippen LogP contribution is 2.25. The van der Waals surface area contributed by atoms with Crippen LogP contribution in [0.3, 0.4) is 0 Å². The minimum atomic E-state index is 0.103. The molecule has 0 radical (unpaired) electrons. The van der Waals surface area contributed by atoms with Crippen molar-refractivity contribution in [2.45, 2.75) is 32.2 Å². The smallest absolute Gasteiger partial charge is 0.251 e. The zero-order valence-electron chi connectivity index (χ0n) is 8.08. The van der Waals surface area contributed by atoms with Gasteiger partial charge in [-0.15, -0.1) is 0 Å². The summed E-state index contributed by atoms with van der Waals surface area (Å²) in [6.07, 6.45) is 7.10. The van der Waals surface area contributed by atoms with E-state index in [0.29, 0.717) is 5.92 Å². The molecule has 0 aromatic carbocycles. The molecule has 2 rings (SSSR count). The molecule has 0 amide bonds. The number of pyridine rings is 1. The van der Waals surface area contributed by atoms with Crippen LogP contribution in [0.25, 0.3) is 0 Å². The van der Waals surface area contributed by atoms with Crippen LogP contribution < -0.4 is 5.56 Å². The summed E-state index contributed by atoms with van der Waals surface area (Å²) in [5.41, 5.74) is 0.103. The van der Waals surface area contributed by atoms with Crippen molar-refractivity contribution < 1.29 is 0 Å². The summed E-state index contributed by atoms with van der Waals surface area (Å²) in [6.45, 7) is 0.895. The molecule has 0 unspecified atom stereocenters. The predicted molar refractivity (Wildman–Crippen MR) is 60.4 cm³/mol. The molecular weight excluding hydrogens is 242 g/mol. The van der Waals surface area contributed by atoms with Crippen molar-refractivity contribution >= 4 is 15.9 Å². The van der Waals surface area contributed by atoms with Crippen molar-refractivity contribution in [1.29, 1.82) is 0 Å². The number of aromatic nitrogens is 1. The van der Waals surface area contributed by atoms with Crippen LogP contribution in [0.4, 0.5) is 0 Å². The Labute approximate surface area is 92.1 Å². The molecule has 1 aromatic rings. The first-order valence-corrected chi connectivity index (χ1v) is 5.91. The Hall–Kier alpha value is -0.570. The lowest BCUT2D eigenvalue weighted by Crippen LogP contribution is -2.21. The topological polar surface area (TPSA) is 22.0 Å². The monoisotopic (exact) mass is 255 g/mol. The third kappa shape index (κ3) is 2.27. The summed E-state index contributed by atoms with van der Waals surface area (Å²) in [7, 11) is 0. The van der Waals surface area contributed by atoms with E-state index in [1.54, 1.807) is 6.07 Å². The molecule has 1 aliphatic rings. The average Bonchev–Trinajstić information content (AvgIpc) is 2.62. The Morgan fingerprint density at radius 2 is 2.14 bits per heavy atom. The maximum atomic E-state index is 11.6. The summed E-state index contributed by atoms with van der Waals surface area (Å²) in [5.74, 6) is 0.717. The second kappa shape index (κ2) is 4.30. The third-order valence-electron chi connectivity index (χ3n) is 2.89. The molecule has 0 saturated heterocycles. The van der Waals surface area contributed by atoms with Gasteiger partial charge >= 0.3 is 0 Å². The lowest BCUT2D eigenvalue weighted by atomic mass is 10.1. The summed E-state index contributed by atoms with van der Waals surface area (Å²) >= 11 is 3.30. The molecule has 3 heteroatoms. The molecule has 76 valence electrons. The molecule has 14 heavy (non-hydrogen) atoms. The van der Waals surface area contributed by atoms with Gasteiger partial charge in [-0.2, -0.15) is 0 Å². The molecule has 1 heterocycles. The summed E-state index contributed by atoms with van der Waals surface area (Å²) < 4.78 is 2.69. The van der Waals surface area contributed by atoms with Crippen LogP contribution in [0.5, 0.6) is 0 Å². The lowest BCUT2D eigenvalue weighted by molar-refractivity contribution is 0.449. The molecule has 2 nitrogen and oxygen atoms in total. The minimum Gasteiger partial charge on any atom is -0.315 e. The SMILES string of the molecule is O=c1cc(Br)ccn1CC1CCCC1. The van der Waals surface area contributed by atoms with Crippen LogP contribution in [0.15, 0.2) is 27.6 Å². The maximum Gasteiger partial charge on any atom is 0.251 e. The van der Waals surface area contributed by atoms with Gasteiger partial charge in [-0.25, -0.2) is 0 Å². The zero-order valence-corrected chi connectivity index (χ0v) is 9.66. The van der Waals surface area contributed by atoms with E-state index in [0.717, 1.165) is 11.0 Å². The van der Waals surface area contributed by atoms with Gasteiger partial charge < -0.3 is 4.57 Å². The molecule has 0 spiro atoms. The van der Waals surface area contributed by atoms with E-state index in [9.17, 15) is 4.79 Å². The lowest BCUT2D eigenvalue weighted by Gasteiger charge is -2.10. The van der Waals surface area contributed by atoms with Gasteiger partial charge in [0.25, 0.3) is 5.56 Å². The predicted octanol–water partition coefficient (Wildman–Crippen LogP) is 2.80. The van der Waals surface area contributed by atoms with Crippen LogP contribution in [0.1, 0.15) is 25.7 Å². The second-order valence-corrected chi connectivity index (χ2v) is 4.90. The second-order valence-electron chi connectivity index (χ2n) is 3.99. The standard InChI is InChI=1S/C11H14BrNO/c12-10-5-6-13(11(14)7-10)8-9-3-1-2-4-9/h5-7,9H,1-4,8H2. The first kappa shape index (κ1) is 9.97. The van der Waals surface area contributed by atoms with E-state index in [2.05, 4.69) is 15.9 Å². The Morgan fingerprint density at radius 1 is 1.43 bits per heavy atom. The number of halogens is 1. The van der Waals surface area contributed by atoms with Crippen LogP contribution in [0, 0.1) is 5.92 Å². The number of rotatable bonds is 2. The highest BCUT2D eigenvalue weighted by Gasteiger charge is 2.15. The van der Waals surface area contributed by atoms with Gasteiger partial charge in [0.2, 0.25) is 0 Å². The molecule has 1 fully saturated rings. The highest BCUT2D eigenvalue weighted by atomic mass is 79.9. The number of nitrogens with zero attached hydrogens (tertiary/aromatic N) is 1. The highest BCUT2D eigenvalue weighted by molar-refractivity contribution is 9.10. The van der Waals surface area contributed by atoms with E-state index in [-0.39, 0.29) is 5.56 Å². The van der Waals surface area contributed by atoms with Crippen molar-refractivity contribution in [3.63, 3.8) is 0 Å². The fourth-order valence-electron chi connectivity index (χ4n) is 2.11. The molecule has 0 atom stereocenters. The van der Waals surface area contributed by atoms with E-state index < -0.39 is 0 Å². The van der Waals surface area contributed by atoms with Crippen LogP contribution in [-0.2, 0) is 6.54 Å². The largest absolute Gasteiger partial charge is 0.315 e. The average molecular weight is 256 g/mol. The van der Waals surface area contributed by atoms with Crippen LogP contribution >= 0.6 is 15.9 Å². The molecule has 1 aromatic heterocycles. The molecule has 1 saturated carbocycles. The van der Waals surface area contributed by atoms with Crippen molar-refractivity contribution in [2.24, 2.45) is 5.92 Å². The van der Waals surface area contributed by atoms with Crippen molar-refractivity contribution in [2.75, 3.05) is 0 Å². The van der Waals surface area contributed by atoms with Gasteiger partial charge in [0.15, 0.2) is 0 Å². The number of hydrogen-bond donors (Lipinski definition) is 0. The Morgan fingerprint density at radius 3 is 2.79 bits per heavy atom. The quantitative estimate of drug-likeness (QED) is 0.797. The normalized spacial score (nSPS) is 17.5. The van der Waals surface area contributed by atoms with Gasteiger partial charge in [-0.05, 0) is 24.8 Å². The fourth-order valence-corrected chi connectivity index (χ4v) is 2.42. The van der Waals surface area contributed by atoms with E-state index >= 15 is 0 Å². The van der Waals surface area contributed by atoms with Gasteiger partial charge in [0.05, 0.1) is 0 Å². The van der Waals surface area contributed by atoms with E-state index in [1.165, 1.54) is 25.7 Å². The molecular formula is C11H14BrNO. The van der Waals surface area contributed by atoms with Gasteiger partial charge in [0, 0.05) is 23.3 Å². The van der Waals surface area contributed by atoms with Crippen molar-refractivity contribution in [3.8, 4) is 0 Å². The summed E-state index contributed by atoms with van der Waals surface area (Å²) in [6, 6.07) is 3.56. The molecule has 0 aliphatic heterocycles. The third-order valence-corrected chi connectivity index (χ3v) is 3.38. The number of hydrogen-bond acceptors (Lipinski definition) is 1. The Kier molecular flexibility index (Phi) is 3.06. The first-order valence-electron chi connectivity index (χ1n) is 5.12. The fraction of sp³-hybridized carbons (Fsp3) is 0.545. The first-order chi connectivity index (χ1) is 6.75. The van der Waals surface area contributed by atoms with Gasteiger partial charge in [-0.1, -0.05) is 28.8 Å². The van der Waals surface area contributed by atoms with Crippen molar-refractivity contribution in [1.82, 2.24) is 4.57 Å². The van der Waals surface area contributed by atoms with Crippen LogP contribution in [-0.4, -0.2) is 4.57 Å². The minimum absolute atomic E-state index is 0.103.